The van der Waals surface area contributed by atoms with Crippen molar-refractivity contribution >= 4 is 37.7 Å². The topological polar surface area (TPSA) is 131 Å². The molecule has 1 aliphatic carbocycles. The molecule has 3 aromatic rings. The molecule has 0 bridgehead atoms. The summed E-state index contributed by atoms with van der Waals surface area (Å²) >= 11 is 1.30. The molecule has 1 saturated carbocycles. The first-order chi connectivity index (χ1) is 15.1. The van der Waals surface area contributed by atoms with Gasteiger partial charge < -0.3 is 11.1 Å². The van der Waals surface area contributed by atoms with Crippen molar-refractivity contribution < 1.29 is 17.6 Å². The average Bonchev–Trinajstić information content (AvgIpc) is 3.44. The Balaban J connectivity index is 1.44. The van der Waals surface area contributed by atoms with Crippen molar-refractivity contribution in [1.29, 1.82) is 0 Å². The van der Waals surface area contributed by atoms with Gasteiger partial charge in [-0.15, -0.1) is 0 Å². The Kier molecular flexibility index (Phi) is 4.89. The Morgan fingerprint density at radius 1 is 1.38 bits per heavy atom. The third-order valence-corrected chi connectivity index (χ3v) is 10.2. The van der Waals surface area contributed by atoms with Crippen LogP contribution < -0.4 is 16.4 Å². The number of hydrogen-bond acceptors (Lipinski definition) is 8. The predicted octanol–water partition coefficient (Wildman–Crippen LogP) is 2.01. The van der Waals surface area contributed by atoms with E-state index in [9.17, 15) is 17.6 Å². The molecule has 2 aromatic heterocycles. The summed E-state index contributed by atoms with van der Waals surface area (Å²) in [4.78, 5) is 17.4. The highest BCUT2D eigenvalue weighted by Crippen LogP contribution is 2.45. The molecule has 9 nitrogen and oxygen atoms in total. The summed E-state index contributed by atoms with van der Waals surface area (Å²) < 4.78 is 42.0. The lowest BCUT2D eigenvalue weighted by molar-refractivity contribution is 0.102. The van der Waals surface area contributed by atoms with Gasteiger partial charge in [-0.3, -0.25) is 10.1 Å². The van der Waals surface area contributed by atoms with Crippen molar-refractivity contribution in [3.05, 3.63) is 47.0 Å². The van der Waals surface area contributed by atoms with Crippen LogP contribution in [0.2, 0.25) is 0 Å². The van der Waals surface area contributed by atoms with Gasteiger partial charge in [0, 0.05) is 11.3 Å². The highest BCUT2D eigenvalue weighted by molar-refractivity contribution is 7.93. The van der Waals surface area contributed by atoms with Crippen LogP contribution in [0.5, 0.6) is 0 Å². The highest BCUT2D eigenvalue weighted by atomic mass is 32.2. The molecule has 4 N–H and O–H groups in total. The molecule has 2 aliphatic rings. The van der Waals surface area contributed by atoms with E-state index < -0.39 is 38.0 Å². The molecule has 1 aromatic carbocycles. The van der Waals surface area contributed by atoms with Crippen molar-refractivity contribution in [2.75, 3.05) is 11.1 Å². The number of imidazole rings is 1. The Labute approximate surface area is 188 Å². The van der Waals surface area contributed by atoms with E-state index in [1.165, 1.54) is 40.2 Å². The van der Waals surface area contributed by atoms with Gasteiger partial charge >= 0.3 is 0 Å². The van der Waals surface area contributed by atoms with E-state index in [4.69, 9.17) is 5.73 Å². The lowest BCUT2D eigenvalue weighted by Gasteiger charge is -2.48. The molecule has 0 radical (unpaired) electrons. The van der Waals surface area contributed by atoms with Crippen LogP contribution in [0.25, 0.3) is 4.96 Å². The zero-order chi connectivity index (χ0) is 22.7. The number of fused-ring (bicyclic) bond motifs is 1. The van der Waals surface area contributed by atoms with Crippen molar-refractivity contribution in [1.82, 2.24) is 19.9 Å². The van der Waals surface area contributed by atoms with Gasteiger partial charge in [-0.2, -0.15) is 5.10 Å². The molecule has 2 atom stereocenters. The van der Waals surface area contributed by atoms with Crippen LogP contribution in [0, 0.1) is 5.82 Å². The summed E-state index contributed by atoms with van der Waals surface area (Å²) in [7, 11) is -3.59. The third-order valence-electron chi connectivity index (χ3n) is 6.63. The van der Waals surface area contributed by atoms with Gasteiger partial charge in [0.05, 0.1) is 23.7 Å². The summed E-state index contributed by atoms with van der Waals surface area (Å²) in [6.45, 7) is 1.63. The second-order valence-corrected chi connectivity index (χ2v) is 11.9. The van der Waals surface area contributed by atoms with Crippen molar-refractivity contribution in [3.8, 4) is 0 Å². The zero-order valence-electron chi connectivity index (χ0n) is 17.3. The second kappa shape index (κ2) is 7.30. The van der Waals surface area contributed by atoms with Crippen LogP contribution in [-0.2, 0) is 15.4 Å². The van der Waals surface area contributed by atoms with E-state index in [-0.39, 0.29) is 17.0 Å². The van der Waals surface area contributed by atoms with Crippen molar-refractivity contribution in [3.63, 3.8) is 0 Å². The fourth-order valence-corrected chi connectivity index (χ4v) is 8.20. The molecule has 1 aliphatic heterocycles. The van der Waals surface area contributed by atoms with Gasteiger partial charge in [0.2, 0.25) is 4.96 Å². The number of nitrogens with one attached hydrogen (secondary N) is 2. The normalized spacial score (nSPS) is 26.5. The van der Waals surface area contributed by atoms with E-state index in [1.54, 1.807) is 12.4 Å². The fraction of sp³-hybridized carbons (Fsp3) is 0.450. The number of nitrogens with zero attached hydrogens (tertiary/aromatic N) is 3. The standard InChI is InChI=1S/C20H23FN6O3S2/c1-19(10-32(29,30)20(17(22)26-19)6-2-3-7-20)13-8-12(4-5-14(13)21)24-16(28)15-9-27-18(25-15)31-11-23-27/h4-5,8-9,11,17,26H,2-3,6-7,10,22H2,1H3,(H,24,28)/t17?,19-/m0/s1. The van der Waals surface area contributed by atoms with Crippen LogP contribution >= 0.6 is 11.3 Å². The second-order valence-electron chi connectivity index (χ2n) is 8.73. The Hall–Kier alpha value is -2.41. The molecule has 12 heteroatoms. The summed E-state index contributed by atoms with van der Waals surface area (Å²) in [6, 6.07) is 4.08. The minimum atomic E-state index is -3.59. The maximum Gasteiger partial charge on any atom is 0.275 e. The number of nitrogens with two attached hydrogens (primary N) is 1. The Bertz CT molecular complexity index is 1290. The number of anilines is 1. The number of rotatable bonds is 3. The lowest BCUT2D eigenvalue weighted by atomic mass is 9.90. The minimum absolute atomic E-state index is 0.134. The molecule has 170 valence electrons. The molecule has 1 unspecified atom stereocenters. The summed E-state index contributed by atoms with van der Waals surface area (Å²) in [6.07, 6.45) is 3.33. The smallest absolute Gasteiger partial charge is 0.275 e. The first-order valence-corrected chi connectivity index (χ1v) is 12.8. The maximum atomic E-state index is 14.9. The summed E-state index contributed by atoms with van der Waals surface area (Å²) in [5.41, 5.74) is 7.34. The number of benzene rings is 1. The maximum absolute atomic E-state index is 14.9. The Morgan fingerprint density at radius 3 is 2.81 bits per heavy atom. The largest absolute Gasteiger partial charge is 0.321 e. The average molecular weight is 479 g/mol. The quantitative estimate of drug-likeness (QED) is 0.525. The van der Waals surface area contributed by atoms with Crippen LogP contribution in [0.4, 0.5) is 10.1 Å². The van der Waals surface area contributed by atoms with Gasteiger partial charge in [-0.25, -0.2) is 22.3 Å². The molecule has 5 rings (SSSR count). The molecule has 32 heavy (non-hydrogen) atoms. The molecule has 1 spiro atoms. The first kappa shape index (κ1) is 21.4. The first-order valence-electron chi connectivity index (χ1n) is 10.3. The molecular weight excluding hydrogens is 455 g/mol. The van der Waals surface area contributed by atoms with Gasteiger partial charge in [0.15, 0.2) is 9.84 Å². The molecule has 1 saturated heterocycles. The Morgan fingerprint density at radius 2 is 2.12 bits per heavy atom. The van der Waals surface area contributed by atoms with Crippen LogP contribution in [-0.4, -0.2) is 45.6 Å². The number of aromatic nitrogens is 3. The molecule has 1 amide bonds. The van der Waals surface area contributed by atoms with Crippen LogP contribution in [0.15, 0.2) is 29.9 Å². The zero-order valence-corrected chi connectivity index (χ0v) is 19.0. The predicted molar refractivity (Wildman–Crippen MR) is 119 cm³/mol. The number of hydrogen-bond donors (Lipinski definition) is 3. The summed E-state index contributed by atoms with van der Waals surface area (Å²) in [5, 5.41) is 9.93. The van der Waals surface area contributed by atoms with Gasteiger partial charge in [-0.05, 0) is 38.0 Å². The van der Waals surface area contributed by atoms with E-state index in [1.807, 2.05) is 0 Å². The number of sulfone groups is 1. The minimum Gasteiger partial charge on any atom is -0.321 e. The van der Waals surface area contributed by atoms with Crippen LogP contribution in [0.1, 0.15) is 48.7 Å². The highest BCUT2D eigenvalue weighted by Gasteiger charge is 2.58. The third kappa shape index (κ3) is 3.24. The van der Waals surface area contributed by atoms with Gasteiger partial charge in [-0.1, -0.05) is 24.2 Å². The van der Waals surface area contributed by atoms with E-state index in [0.717, 1.165) is 12.8 Å². The van der Waals surface area contributed by atoms with Crippen molar-refractivity contribution in [2.24, 2.45) is 5.73 Å². The van der Waals surface area contributed by atoms with Gasteiger partial charge in [0.25, 0.3) is 5.91 Å². The molecule has 2 fully saturated rings. The van der Waals surface area contributed by atoms with Crippen molar-refractivity contribution in [2.45, 2.75) is 49.1 Å². The fourth-order valence-electron chi connectivity index (χ4n) is 4.95. The monoisotopic (exact) mass is 478 g/mol. The number of carbonyl (C=O) groups is 1. The number of amides is 1. The molecule has 3 heterocycles. The molecular formula is C20H23FN6O3S2. The van der Waals surface area contributed by atoms with E-state index in [2.05, 4.69) is 20.7 Å². The number of halogens is 1. The van der Waals surface area contributed by atoms with Crippen LogP contribution in [0.3, 0.4) is 0 Å². The summed E-state index contributed by atoms with van der Waals surface area (Å²) in [5.74, 6) is -1.32. The number of carbonyl (C=O) groups excluding carboxylic acids is 1. The van der Waals surface area contributed by atoms with Gasteiger partial charge in [0.1, 0.15) is 21.8 Å². The van der Waals surface area contributed by atoms with E-state index in [0.29, 0.717) is 23.5 Å². The SMILES string of the molecule is C[C@@]1(c2cc(NC(=O)c3cn4ncsc4n3)ccc2F)CS(=O)(=O)C2(CCCC2)C(N)N1. The lowest BCUT2D eigenvalue weighted by Crippen LogP contribution is -2.71. The van der Waals surface area contributed by atoms with E-state index >= 15 is 0 Å².